The lowest BCUT2D eigenvalue weighted by Gasteiger charge is -2.04. The Bertz CT molecular complexity index is 481. The monoisotopic (exact) mass is 251 g/mol. The molecule has 0 amide bonds. The maximum atomic E-state index is 11.1. The molecular weight excluding hydrogens is 238 g/mol. The van der Waals surface area contributed by atoms with Crippen LogP contribution in [-0.2, 0) is 9.53 Å². The third kappa shape index (κ3) is 3.58. The second-order valence-electron chi connectivity index (χ2n) is 3.41. The van der Waals surface area contributed by atoms with Gasteiger partial charge in [-0.1, -0.05) is 12.1 Å². The van der Waals surface area contributed by atoms with Gasteiger partial charge in [0.2, 0.25) is 0 Å². The average molecular weight is 251 g/mol. The molecule has 0 N–H and O–H groups in total. The van der Waals surface area contributed by atoms with Crippen LogP contribution in [0.5, 0.6) is 5.75 Å². The summed E-state index contributed by atoms with van der Waals surface area (Å²) in [5.74, 6) is -0.294. The molecule has 1 aromatic rings. The second kappa shape index (κ2) is 6.39. The van der Waals surface area contributed by atoms with Crippen LogP contribution in [0.2, 0.25) is 0 Å². The first-order valence-corrected chi connectivity index (χ1v) is 5.17. The van der Waals surface area contributed by atoms with Crippen molar-refractivity contribution in [1.29, 1.82) is 0 Å². The Hall–Kier alpha value is -2.37. The number of carbonyl (C=O) groups is 1. The van der Waals surface area contributed by atoms with Gasteiger partial charge in [-0.05, 0) is 19.1 Å². The van der Waals surface area contributed by atoms with Gasteiger partial charge in [0.25, 0.3) is 0 Å². The Labute approximate surface area is 104 Å². The molecule has 6 nitrogen and oxygen atoms in total. The molecule has 0 heterocycles. The lowest BCUT2D eigenvalue weighted by atomic mass is 10.3. The maximum Gasteiger partial charge on any atom is 0.333 e. The Balaban J connectivity index is 2.70. The number of ether oxygens (including phenoxy) is 2. The fraction of sp³-hybridized carbons (Fsp3) is 0.250. The van der Waals surface area contributed by atoms with E-state index in [2.05, 4.69) is 4.74 Å². The number of hydrogen-bond donors (Lipinski definition) is 0. The van der Waals surface area contributed by atoms with Gasteiger partial charge in [0.15, 0.2) is 5.75 Å². The first kappa shape index (κ1) is 13.7. The van der Waals surface area contributed by atoms with Crippen molar-refractivity contribution in [2.45, 2.75) is 6.92 Å². The molecule has 6 heteroatoms. The summed E-state index contributed by atoms with van der Waals surface area (Å²) in [5.41, 5.74) is 0.276. The maximum absolute atomic E-state index is 11.1. The molecule has 0 aliphatic carbocycles. The molecule has 0 aliphatic heterocycles. The summed E-state index contributed by atoms with van der Waals surface area (Å²) in [7, 11) is 1.28. The van der Waals surface area contributed by atoms with Crippen molar-refractivity contribution < 1.29 is 19.2 Å². The van der Waals surface area contributed by atoms with Gasteiger partial charge in [0.1, 0.15) is 6.61 Å². The molecule has 18 heavy (non-hydrogen) atoms. The zero-order valence-electron chi connectivity index (χ0n) is 10.1. The van der Waals surface area contributed by atoms with Gasteiger partial charge in [-0.3, -0.25) is 10.1 Å². The number of nitrogens with zero attached hydrogens (tertiary/aromatic N) is 1. The first-order valence-electron chi connectivity index (χ1n) is 5.17. The van der Waals surface area contributed by atoms with Gasteiger partial charge in [-0.2, -0.15) is 0 Å². The average Bonchev–Trinajstić information content (AvgIpc) is 2.38. The van der Waals surface area contributed by atoms with Crippen molar-refractivity contribution in [1.82, 2.24) is 0 Å². The van der Waals surface area contributed by atoms with E-state index in [0.717, 1.165) is 0 Å². The van der Waals surface area contributed by atoms with E-state index in [1.807, 2.05) is 0 Å². The van der Waals surface area contributed by atoms with E-state index in [1.54, 1.807) is 19.1 Å². The van der Waals surface area contributed by atoms with Crippen LogP contribution < -0.4 is 4.74 Å². The van der Waals surface area contributed by atoms with Crippen molar-refractivity contribution in [3.05, 3.63) is 46.0 Å². The molecule has 0 fully saturated rings. The normalized spacial score (nSPS) is 10.9. The van der Waals surface area contributed by atoms with Crippen molar-refractivity contribution in [2.24, 2.45) is 0 Å². The molecule has 96 valence electrons. The number of hydrogen-bond acceptors (Lipinski definition) is 5. The van der Waals surface area contributed by atoms with Crippen LogP contribution in [0.25, 0.3) is 0 Å². The predicted molar refractivity (Wildman–Crippen MR) is 64.4 cm³/mol. The molecule has 0 aliphatic rings. The third-order valence-corrected chi connectivity index (χ3v) is 2.20. The van der Waals surface area contributed by atoms with Crippen molar-refractivity contribution >= 4 is 11.7 Å². The van der Waals surface area contributed by atoms with Crippen molar-refractivity contribution in [3.8, 4) is 5.75 Å². The summed E-state index contributed by atoms with van der Waals surface area (Å²) in [6.45, 7) is 1.64. The number of methoxy groups -OCH3 is 1. The first-order chi connectivity index (χ1) is 8.56. The molecule has 1 aromatic carbocycles. The number of nitro benzene ring substituents is 1. The zero-order chi connectivity index (χ0) is 13.5. The summed E-state index contributed by atoms with van der Waals surface area (Å²) in [5, 5.41) is 10.7. The van der Waals surface area contributed by atoms with Crippen LogP contribution in [0, 0.1) is 10.1 Å². The Morgan fingerprint density at radius 2 is 2.11 bits per heavy atom. The van der Waals surface area contributed by atoms with Crippen LogP contribution in [0.15, 0.2) is 35.9 Å². The summed E-state index contributed by atoms with van der Waals surface area (Å²) in [6, 6.07) is 6.05. The zero-order valence-corrected chi connectivity index (χ0v) is 10.1. The summed E-state index contributed by atoms with van der Waals surface area (Å²) >= 11 is 0. The van der Waals surface area contributed by atoms with Gasteiger partial charge in [-0.25, -0.2) is 4.79 Å². The number of carbonyl (C=O) groups excluding carboxylic acids is 1. The number of esters is 1. The van der Waals surface area contributed by atoms with Crippen LogP contribution in [0.1, 0.15) is 6.92 Å². The molecule has 0 saturated heterocycles. The van der Waals surface area contributed by atoms with Crippen LogP contribution >= 0.6 is 0 Å². The highest BCUT2D eigenvalue weighted by atomic mass is 16.6. The number of nitro groups is 1. The molecule has 0 saturated carbocycles. The van der Waals surface area contributed by atoms with Gasteiger partial charge in [0.05, 0.1) is 12.0 Å². The minimum Gasteiger partial charge on any atom is -0.483 e. The molecule has 0 aromatic heterocycles. The van der Waals surface area contributed by atoms with Gasteiger partial charge in [0, 0.05) is 11.6 Å². The second-order valence-corrected chi connectivity index (χ2v) is 3.41. The highest BCUT2D eigenvalue weighted by molar-refractivity contribution is 5.87. The summed E-state index contributed by atoms with van der Waals surface area (Å²) < 4.78 is 9.74. The number of rotatable bonds is 5. The van der Waals surface area contributed by atoms with E-state index < -0.39 is 10.9 Å². The summed E-state index contributed by atoms with van der Waals surface area (Å²) in [6.07, 6.45) is 1.50. The topological polar surface area (TPSA) is 78.7 Å². The van der Waals surface area contributed by atoms with Crippen LogP contribution in [0.4, 0.5) is 5.69 Å². The molecule has 1 rings (SSSR count). The highest BCUT2D eigenvalue weighted by Crippen LogP contribution is 2.25. The molecule has 0 unspecified atom stereocenters. The summed E-state index contributed by atoms with van der Waals surface area (Å²) in [4.78, 5) is 21.3. The van der Waals surface area contributed by atoms with E-state index in [-0.39, 0.29) is 18.0 Å². The Kier molecular flexibility index (Phi) is 4.86. The van der Waals surface area contributed by atoms with Crippen molar-refractivity contribution in [2.75, 3.05) is 13.7 Å². The van der Waals surface area contributed by atoms with Crippen molar-refractivity contribution in [3.63, 3.8) is 0 Å². The fourth-order valence-corrected chi connectivity index (χ4v) is 1.23. The molecule has 0 spiro atoms. The van der Waals surface area contributed by atoms with Gasteiger partial charge in [-0.15, -0.1) is 0 Å². The minimum atomic E-state index is -0.522. The Morgan fingerprint density at radius 3 is 2.72 bits per heavy atom. The van der Waals surface area contributed by atoms with E-state index in [9.17, 15) is 14.9 Å². The highest BCUT2D eigenvalue weighted by Gasteiger charge is 2.13. The van der Waals surface area contributed by atoms with Crippen LogP contribution in [-0.4, -0.2) is 24.6 Å². The molecule has 0 atom stereocenters. The SMILES string of the molecule is COC(=O)C(C)=CCOc1ccccc1[N+](=O)[O-]. The smallest absolute Gasteiger partial charge is 0.333 e. The van der Waals surface area contributed by atoms with E-state index in [0.29, 0.717) is 5.57 Å². The van der Waals surface area contributed by atoms with E-state index >= 15 is 0 Å². The van der Waals surface area contributed by atoms with E-state index in [1.165, 1.54) is 25.3 Å². The third-order valence-electron chi connectivity index (χ3n) is 2.20. The standard InChI is InChI=1S/C12H13NO5/c1-9(12(14)17-2)7-8-18-11-6-4-3-5-10(11)13(15)16/h3-7H,8H2,1-2H3. The quantitative estimate of drug-likeness (QED) is 0.346. The molecule has 0 radical (unpaired) electrons. The minimum absolute atomic E-state index is 0.0613. The van der Waals surface area contributed by atoms with Gasteiger partial charge < -0.3 is 9.47 Å². The molecule has 0 bridgehead atoms. The Morgan fingerprint density at radius 1 is 1.44 bits per heavy atom. The van der Waals surface area contributed by atoms with Crippen LogP contribution in [0.3, 0.4) is 0 Å². The lowest BCUT2D eigenvalue weighted by Crippen LogP contribution is -2.04. The van der Waals surface area contributed by atoms with E-state index in [4.69, 9.17) is 4.74 Å². The lowest BCUT2D eigenvalue weighted by molar-refractivity contribution is -0.385. The largest absolute Gasteiger partial charge is 0.483 e. The molecular formula is C12H13NO5. The fourth-order valence-electron chi connectivity index (χ4n) is 1.23. The van der Waals surface area contributed by atoms with Gasteiger partial charge >= 0.3 is 11.7 Å². The number of benzene rings is 1. The number of para-hydroxylation sites is 2. The predicted octanol–water partition coefficient (Wildman–Crippen LogP) is 2.09.